The van der Waals surface area contributed by atoms with Gasteiger partial charge in [-0.2, -0.15) is 5.10 Å². The number of methoxy groups -OCH3 is 1. The summed E-state index contributed by atoms with van der Waals surface area (Å²) in [5, 5.41) is 9.65. The number of aromatic nitrogens is 2. The molecule has 0 radical (unpaired) electrons. The average Bonchev–Trinajstić information content (AvgIpc) is 2.69. The zero-order valence-electron chi connectivity index (χ0n) is 10.7. The summed E-state index contributed by atoms with van der Waals surface area (Å²) >= 11 is 0. The molecule has 1 aromatic rings. The SMILES string of the molecule is COC1CC(NC(=O)c2cn[nH]c2C)C1(C)C. The molecule has 1 aliphatic rings. The maximum atomic E-state index is 12.0. The molecule has 0 bridgehead atoms. The first kappa shape index (κ1) is 12.1. The smallest absolute Gasteiger partial charge is 0.254 e. The third-order valence-electron chi connectivity index (χ3n) is 3.84. The molecular formula is C12H19N3O2. The summed E-state index contributed by atoms with van der Waals surface area (Å²) in [5.74, 6) is -0.0659. The van der Waals surface area contributed by atoms with E-state index in [1.54, 1.807) is 13.3 Å². The fraction of sp³-hybridized carbons (Fsp3) is 0.667. The lowest BCUT2D eigenvalue weighted by Crippen LogP contribution is -2.61. The number of H-pyrrole nitrogens is 1. The number of hydrogen-bond donors (Lipinski definition) is 2. The Morgan fingerprint density at radius 2 is 2.35 bits per heavy atom. The Bertz CT molecular complexity index is 425. The van der Waals surface area contributed by atoms with Gasteiger partial charge in [0.05, 0.1) is 17.9 Å². The van der Waals surface area contributed by atoms with Crippen molar-refractivity contribution < 1.29 is 9.53 Å². The van der Waals surface area contributed by atoms with Crippen LogP contribution in [-0.2, 0) is 4.74 Å². The van der Waals surface area contributed by atoms with Gasteiger partial charge in [0.25, 0.3) is 5.91 Å². The van der Waals surface area contributed by atoms with E-state index in [9.17, 15) is 4.79 Å². The van der Waals surface area contributed by atoms with Crippen molar-refractivity contribution in [2.45, 2.75) is 39.3 Å². The van der Waals surface area contributed by atoms with Gasteiger partial charge in [0.15, 0.2) is 0 Å². The van der Waals surface area contributed by atoms with Gasteiger partial charge in [-0.1, -0.05) is 13.8 Å². The van der Waals surface area contributed by atoms with Gasteiger partial charge in [-0.15, -0.1) is 0 Å². The normalized spacial score (nSPS) is 26.4. The Morgan fingerprint density at radius 3 is 2.82 bits per heavy atom. The summed E-state index contributed by atoms with van der Waals surface area (Å²) in [7, 11) is 1.71. The highest BCUT2D eigenvalue weighted by molar-refractivity contribution is 5.95. The van der Waals surface area contributed by atoms with Gasteiger partial charge in [-0.25, -0.2) is 0 Å². The second kappa shape index (κ2) is 4.14. The monoisotopic (exact) mass is 237 g/mol. The molecule has 1 aromatic heterocycles. The van der Waals surface area contributed by atoms with Crippen LogP contribution in [0.4, 0.5) is 0 Å². The molecule has 0 saturated heterocycles. The number of amides is 1. The first-order chi connectivity index (χ1) is 7.96. The average molecular weight is 237 g/mol. The van der Waals surface area contributed by atoms with E-state index in [1.807, 2.05) is 6.92 Å². The summed E-state index contributed by atoms with van der Waals surface area (Å²) < 4.78 is 5.36. The molecule has 2 N–H and O–H groups in total. The molecule has 1 saturated carbocycles. The van der Waals surface area contributed by atoms with Crippen LogP contribution in [-0.4, -0.2) is 35.4 Å². The highest BCUT2D eigenvalue weighted by Gasteiger charge is 2.49. The van der Waals surface area contributed by atoms with E-state index in [-0.39, 0.29) is 23.5 Å². The minimum absolute atomic E-state index is 0.0119. The molecule has 1 amide bonds. The van der Waals surface area contributed by atoms with Crippen LogP contribution >= 0.6 is 0 Å². The fourth-order valence-corrected chi connectivity index (χ4v) is 2.35. The molecule has 1 fully saturated rings. The molecule has 0 spiro atoms. The van der Waals surface area contributed by atoms with Gasteiger partial charge in [0.1, 0.15) is 0 Å². The standard InChI is InChI=1S/C12H19N3O2/c1-7-8(6-13-15-7)11(16)14-9-5-10(17-4)12(9,2)3/h6,9-10H,5H2,1-4H3,(H,13,15)(H,14,16). The summed E-state index contributed by atoms with van der Waals surface area (Å²) in [6.07, 6.45) is 2.65. The van der Waals surface area contributed by atoms with Crippen molar-refractivity contribution >= 4 is 5.91 Å². The first-order valence-electron chi connectivity index (χ1n) is 5.80. The van der Waals surface area contributed by atoms with Crippen molar-refractivity contribution in [2.75, 3.05) is 7.11 Å². The number of rotatable bonds is 3. The molecule has 0 aliphatic heterocycles. The van der Waals surface area contributed by atoms with Gasteiger partial charge < -0.3 is 10.1 Å². The van der Waals surface area contributed by atoms with Crippen LogP contribution in [0.5, 0.6) is 0 Å². The van der Waals surface area contributed by atoms with Crippen molar-refractivity contribution in [3.63, 3.8) is 0 Å². The summed E-state index contributed by atoms with van der Waals surface area (Å²) in [6, 6.07) is 0.161. The van der Waals surface area contributed by atoms with Crippen molar-refractivity contribution in [2.24, 2.45) is 5.41 Å². The lowest BCUT2D eigenvalue weighted by molar-refractivity contribution is -0.0942. The molecule has 1 aliphatic carbocycles. The van der Waals surface area contributed by atoms with Crippen LogP contribution in [0, 0.1) is 12.3 Å². The van der Waals surface area contributed by atoms with Gasteiger partial charge in [-0.3, -0.25) is 9.89 Å². The van der Waals surface area contributed by atoms with Crippen LogP contribution in [0.25, 0.3) is 0 Å². The van der Waals surface area contributed by atoms with E-state index < -0.39 is 0 Å². The van der Waals surface area contributed by atoms with Crippen LogP contribution in [0.1, 0.15) is 36.3 Å². The zero-order valence-corrected chi connectivity index (χ0v) is 10.7. The van der Waals surface area contributed by atoms with Crippen LogP contribution in [0.15, 0.2) is 6.20 Å². The van der Waals surface area contributed by atoms with E-state index in [4.69, 9.17) is 4.74 Å². The third-order valence-corrected chi connectivity index (χ3v) is 3.84. The molecule has 2 unspecified atom stereocenters. The largest absolute Gasteiger partial charge is 0.381 e. The van der Waals surface area contributed by atoms with E-state index >= 15 is 0 Å². The topological polar surface area (TPSA) is 67.0 Å². The summed E-state index contributed by atoms with van der Waals surface area (Å²) in [5.41, 5.74) is 1.40. The van der Waals surface area contributed by atoms with Gasteiger partial charge in [-0.05, 0) is 13.3 Å². The quantitative estimate of drug-likeness (QED) is 0.831. The van der Waals surface area contributed by atoms with Crippen LogP contribution in [0.2, 0.25) is 0 Å². The Kier molecular flexibility index (Phi) is 2.95. The predicted octanol–water partition coefficient (Wildman–Crippen LogP) is 1.26. The lowest BCUT2D eigenvalue weighted by atomic mass is 9.64. The van der Waals surface area contributed by atoms with Gasteiger partial charge in [0, 0.05) is 24.3 Å². The molecular weight excluding hydrogens is 218 g/mol. The molecule has 5 heteroatoms. The second-order valence-electron chi connectivity index (χ2n) is 5.22. The van der Waals surface area contributed by atoms with Crippen molar-refractivity contribution in [3.8, 4) is 0 Å². The number of aromatic amines is 1. The Labute approximate surface area is 101 Å². The summed E-state index contributed by atoms with van der Waals surface area (Å²) in [4.78, 5) is 12.0. The Morgan fingerprint density at radius 1 is 1.65 bits per heavy atom. The first-order valence-corrected chi connectivity index (χ1v) is 5.80. The zero-order chi connectivity index (χ0) is 12.6. The number of ether oxygens (including phenoxy) is 1. The Balaban J connectivity index is 2.00. The second-order valence-corrected chi connectivity index (χ2v) is 5.22. The molecule has 0 aromatic carbocycles. The van der Waals surface area contributed by atoms with Crippen molar-refractivity contribution in [1.82, 2.24) is 15.5 Å². The number of aryl methyl sites for hydroxylation is 1. The fourth-order valence-electron chi connectivity index (χ4n) is 2.35. The molecule has 94 valence electrons. The molecule has 5 nitrogen and oxygen atoms in total. The number of carbonyl (C=O) groups is 1. The highest BCUT2D eigenvalue weighted by Crippen LogP contribution is 2.42. The Hall–Kier alpha value is -1.36. The van der Waals surface area contributed by atoms with Gasteiger partial charge >= 0.3 is 0 Å². The maximum Gasteiger partial charge on any atom is 0.254 e. The number of hydrogen-bond acceptors (Lipinski definition) is 3. The van der Waals surface area contributed by atoms with Gasteiger partial charge in [0.2, 0.25) is 0 Å². The van der Waals surface area contributed by atoms with E-state index in [0.717, 1.165) is 12.1 Å². The van der Waals surface area contributed by atoms with Crippen LogP contribution < -0.4 is 5.32 Å². The number of carbonyl (C=O) groups excluding carboxylic acids is 1. The highest BCUT2D eigenvalue weighted by atomic mass is 16.5. The third kappa shape index (κ3) is 1.95. The predicted molar refractivity (Wildman–Crippen MR) is 63.8 cm³/mol. The van der Waals surface area contributed by atoms with E-state index in [1.165, 1.54) is 0 Å². The minimum atomic E-state index is -0.0659. The number of nitrogens with one attached hydrogen (secondary N) is 2. The van der Waals surface area contributed by atoms with Crippen molar-refractivity contribution in [3.05, 3.63) is 17.5 Å². The van der Waals surface area contributed by atoms with E-state index in [2.05, 4.69) is 29.4 Å². The van der Waals surface area contributed by atoms with Crippen molar-refractivity contribution in [1.29, 1.82) is 0 Å². The molecule has 2 rings (SSSR count). The minimum Gasteiger partial charge on any atom is -0.381 e. The van der Waals surface area contributed by atoms with Crippen LogP contribution in [0.3, 0.4) is 0 Å². The molecule has 2 atom stereocenters. The van der Waals surface area contributed by atoms with E-state index in [0.29, 0.717) is 5.56 Å². The molecule has 17 heavy (non-hydrogen) atoms. The maximum absolute atomic E-state index is 12.0. The molecule has 1 heterocycles. The number of nitrogens with zero attached hydrogens (tertiary/aromatic N) is 1. The summed E-state index contributed by atoms with van der Waals surface area (Å²) in [6.45, 7) is 6.06. The lowest BCUT2D eigenvalue weighted by Gasteiger charge is -2.51.